The zero-order chi connectivity index (χ0) is 29.1. The fourth-order valence-electron chi connectivity index (χ4n) is 4.47. The van der Waals surface area contributed by atoms with Crippen molar-refractivity contribution in [2.24, 2.45) is 0 Å². The predicted molar refractivity (Wildman–Crippen MR) is 143 cm³/mol. The molecule has 0 saturated carbocycles. The van der Waals surface area contributed by atoms with Crippen LogP contribution in [0.2, 0.25) is 0 Å². The van der Waals surface area contributed by atoms with E-state index >= 15 is 0 Å². The van der Waals surface area contributed by atoms with Crippen LogP contribution in [0.5, 0.6) is 0 Å². The van der Waals surface area contributed by atoms with Crippen molar-refractivity contribution in [3.05, 3.63) is 107 Å². The first-order chi connectivity index (χ1) is 18.8. The normalized spacial score (nSPS) is 16.6. The summed E-state index contributed by atoms with van der Waals surface area (Å²) in [6.07, 6.45) is -1.82. The van der Waals surface area contributed by atoms with Crippen LogP contribution in [0.4, 0.5) is 18.0 Å². The Bertz CT molecular complexity index is 1360. The molecule has 3 aromatic carbocycles. The lowest BCUT2D eigenvalue weighted by atomic mass is 9.86. The average molecular weight is 577 g/mol. The minimum absolute atomic E-state index is 0.0154. The Balaban J connectivity index is 1.67. The summed E-state index contributed by atoms with van der Waals surface area (Å²) >= 11 is 0. The smallest absolute Gasteiger partial charge is 0.425 e. The van der Waals surface area contributed by atoms with Gasteiger partial charge in [-0.2, -0.15) is 17.0 Å². The fraction of sp³-hybridized carbons (Fsp3) is 0.345. The number of halogens is 3. The second kappa shape index (κ2) is 12.0. The third kappa shape index (κ3) is 7.21. The molecule has 1 amide bonds. The molecule has 0 bridgehead atoms. The molecule has 1 fully saturated rings. The van der Waals surface area contributed by atoms with Crippen molar-refractivity contribution < 1.29 is 35.9 Å². The van der Waals surface area contributed by atoms with Gasteiger partial charge in [-0.3, -0.25) is 0 Å². The maximum Gasteiger partial charge on any atom is 0.425 e. The first-order valence-corrected chi connectivity index (χ1v) is 14.1. The third-order valence-corrected chi connectivity index (χ3v) is 8.15. The Morgan fingerprint density at radius 1 is 0.925 bits per heavy atom. The van der Waals surface area contributed by atoms with Crippen LogP contribution in [0.1, 0.15) is 43.4 Å². The van der Waals surface area contributed by atoms with Crippen LogP contribution in [-0.4, -0.2) is 54.5 Å². The molecule has 0 N–H and O–H groups in total. The summed E-state index contributed by atoms with van der Waals surface area (Å²) < 4.78 is 82.0. The predicted octanol–water partition coefficient (Wildman–Crippen LogP) is 5.62. The highest BCUT2D eigenvalue weighted by Gasteiger charge is 2.41. The van der Waals surface area contributed by atoms with Crippen molar-refractivity contribution in [2.45, 2.75) is 44.9 Å². The topological polar surface area (TPSA) is 76.2 Å². The van der Waals surface area contributed by atoms with E-state index in [-0.39, 0.29) is 26.2 Å². The van der Waals surface area contributed by atoms with E-state index in [9.17, 15) is 26.4 Å². The SMILES string of the molecule is CC(C)(C)OC(=O)N(Cc1ccc(F)cc1)S(=O)(=O)N1CCOC(C(c2ccc(F)cc2)c2ccc(F)cc2)C1. The van der Waals surface area contributed by atoms with Gasteiger partial charge in [-0.15, -0.1) is 0 Å². The number of benzene rings is 3. The number of hydrogen-bond donors (Lipinski definition) is 0. The Labute approximate surface area is 232 Å². The molecule has 7 nitrogen and oxygen atoms in total. The Morgan fingerprint density at radius 2 is 1.40 bits per heavy atom. The quantitative estimate of drug-likeness (QED) is 0.365. The first kappa shape index (κ1) is 29.6. The highest BCUT2D eigenvalue weighted by Crippen LogP contribution is 2.33. The molecule has 0 aromatic heterocycles. The van der Waals surface area contributed by atoms with Gasteiger partial charge in [0.05, 0.1) is 19.3 Å². The maximum absolute atomic E-state index is 13.9. The van der Waals surface area contributed by atoms with Gasteiger partial charge in [0, 0.05) is 19.0 Å². The van der Waals surface area contributed by atoms with Crippen LogP contribution >= 0.6 is 0 Å². The van der Waals surface area contributed by atoms with Crippen LogP contribution in [0.25, 0.3) is 0 Å². The van der Waals surface area contributed by atoms with Crippen molar-refractivity contribution in [3.8, 4) is 0 Å². The van der Waals surface area contributed by atoms with Gasteiger partial charge in [-0.1, -0.05) is 36.4 Å². The molecule has 4 rings (SSSR count). The summed E-state index contributed by atoms with van der Waals surface area (Å²) in [6.45, 7) is 4.31. The summed E-state index contributed by atoms with van der Waals surface area (Å²) in [7, 11) is -4.45. The molecule has 0 aliphatic carbocycles. The molecule has 11 heteroatoms. The average Bonchev–Trinajstić information content (AvgIpc) is 2.90. The number of ether oxygens (including phenoxy) is 2. The number of nitrogens with zero attached hydrogens (tertiary/aromatic N) is 2. The lowest BCUT2D eigenvalue weighted by Gasteiger charge is -2.39. The molecular formula is C29H31F3N2O5S. The van der Waals surface area contributed by atoms with Crippen LogP contribution in [0.15, 0.2) is 72.8 Å². The second-order valence-corrected chi connectivity index (χ2v) is 12.3. The number of hydrogen-bond acceptors (Lipinski definition) is 5. The van der Waals surface area contributed by atoms with Gasteiger partial charge < -0.3 is 9.47 Å². The number of rotatable bonds is 7. The van der Waals surface area contributed by atoms with Gasteiger partial charge in [0.1, 0.15) is 23.1 Å². The molecule has 1 atom stereocenters. The van der Waals surface area contributed by atoms with Crippen LogP contribution in [0, 0.1) is 17.5 Å². The minimum atomic E-state index is -4.45. The van der Waals surface area contributed by atoms with E-state index < -0.39 is 51.4 Å². The van der Waals surface area contributed by atoms with E-state index in [1.54, 1.807) is 45.0 Å². The zero-order valence-electron chi connectivity index (χ0n) is 22.4. The van der Waals surface area contributed by atoms with Gasteiger partial charge in [-0.25, -0.2) is 18.0 Å². The summed E-state index contributed by atoms with van der Waals surface area (Å²) in [4.78, 5) is 13.2. The molecular weight excluding hydrogens is 545 g/mol. The Hall–Kier alpha value is -3.41. The number of carbonyl (C=O) groups is 1. The van der Waals surface area contributed by atoms with Gasteiger partial charge >= 0.3 is 16.3 Å². The van der Waals surface area contributed by atoms with Crippen molar-refractivity contribution in [3.63, 3.8) is 0 Å². The maximum atomic E-state index is 13.9. The largest absolute Gasteiger partial charge is 0.443 e. The van der Waals surface area contributed by atoms with Gasteiger partial charge in [0.15, 0.2) is 0 Å². The van der Waals surface area contributed by atoms with Crippen LogP contribution in [-0.2, 0) is 26.2 Å². The summed E-state index contributed by atoms with van der Waals surface area (Å²) in [5.74, 6) is -1.95. The fourth-order valence-corrected chi connectivity index (χ4v) is 5.93. The molecule has 1 heterocycles. The van der Waals surface area contributed by atoms with Gasteiger partial charge in [0.25, 0.3) is 0 Å². The van der Waals surface area contributed by atoms with Crippen LogP contribution in [0.3, 0.4) is 0 Å². The number of carbonyl (C=O) groups excluding carboxylic acids is 1. The number of amides is 1. The Morgan fingerprint density at radius 3 is 1.88 bits per heavy atom. The monoisotopic (exact) mass is 576 g/mol. The molecule has 214 valence electrons. The Kier molecular flexibility index (Phi) is 8.86. The lowest BCUT2D eigenvalue weighted by Crippen LogP contribution is -2.54. The van der Waals surface area contributed by atoms with E-state index in [0.717, 1.165) is 4.31 Å². The molecule has 1 unspecified atom stereocenters. The molecule has 1 saturated heterocycles. The summed E-state index contributed by atoms with van der Waals surface area (Å²) in [5, 5.41) is 0. The highest BCUT2D eigenvalue weighted by molar-refractivity contribution is 7.87. The van der Waals surface area contributed by atoms with E-state index in [0.29, 0.717) is 21.0 Å². The standard InChI is InChI=1S/C29H31F3N2O5S/c1-29(2,3)39-28(35)34(18-20-4-10-23(30)11-5-20)40(36,37)33-16-17-38-26(19-33)27(21-6-12-24(31)13-7-21)22-8-14-25(32)15-9-22/h4-15,26-27H,16-19H2,1-3H3. The molecule has 0 radical (unpaired) electrons. The van der Waals surface area contributed by atoms with Gasteiger partial charge in [-0.05, 0) is 73.9 Å². The molecule has 40 heavy (non-hydrogen) atoms. The third-order valence-electron chi connectivity index (χ3n) is 6.33. The van der Waals surface area contributed by atoms with Crippen molar-refractivity contribution in [1.82, 2.24) is 8.61 Å². The van der Waals surface area contributed by atoms with Crippen molar-refractivity contribution >= 4 is 16.3 Å². The number of morpholine rings is 1. The molecule has 1 aliphatic rings. The van der Waals surface area contributed by atoms with Crippen LogP contribution < -0.4 is 0 Å². The van der Waals surface area contributed by atoms with Crippen molar-refractivity contribution in [1.29, 1.82) is 0 Å². The second-order valence-electron chi connectivity index (χ2n) is 10.5. The molecule has 3 aromatic rings. The lowest BCUT2D eigenvalue weighted by molar-refractivity contribution is -0.0126. The van der Waals surface area contributed by atoms with Crippen molar-refractivity contribution in [2.75, 3.05) is 19.7 Å². The molecule has 1 aliphatic heterocycles. The summed E-state index contributed by atoms with van der Waals surface area (Å²) in [5.41, 5.74) is 0.702. The van der Waals surface area contributed by atoms with E-state index in [1.807, 2.05) is 0 Å². The minimum Gasteiger partial charge on any atom is -0.443 e. The highest BCUT2D eigenvalue weighted by atomic mass is 32.2. The van der Waals surface area contributed by atoms with E-state index in [2.05, 4.69) is 0 Å². The first-order valence-electron chi connectivity index (χ1n) is 12.7. The zero-order valence-corrected chi connectivity index (χ0v) is 23.2. The summed E-state index contributed by atoms with van der Waals surface area (Å²) in [6, 6.07) is 16.6. The molecule has 0 spiro atoms. The van der Waals surface area contributed by atoms with Gasteiger partial charge in [0.2, 0.25) is 0 Å². The van der Waals surface area contributed by atoms with E-state index in [4.69, 9.17) is 9.47 Å². The van der Waals surface area contributed by atoms with E-state index in [1.165, 1.54) is 48.5 Å².